The van der Waals surface area contributed by atoms with E-state index in [0.29, 0.717) is 0 Å². The molecule has 0 radical (unpaired) electrons. The van der Waals surface area contributed by atoms with Gasteiger partial charge in [-0.1, -0.05) is 92.7 Å². The molecule has 1 aliphatic carbocycles. The first-order valence-electron chi connectivity index (χ1n) is 12.8. The van der Waals surface area contributed by atoms with Gasteiger partial charge in [0.15, 0.2) is 0 Å². The Balaban J connectivity index is 1.52. The van der Waals surface area contributed by atoms with Gasteiger partial charge in [-0.2, -0.15) is 0 Å². The maximum Gasteiger partial charge on any atom is 0.113 e. The van der Waals surface area contributed by atoms with Crippen LogP contribution in [0.2, 0.25) is 0 Å². The molecule has 0 amide bonds. The van der Waals surface area contributed by atoms with E-state index >= 15 is 0 Å². The summed E-state index contributed by atoms with van der Waals surface area (Å²) >= 11 is 0. The Morgan fingerprint density at radius 2 is 1.38 bits per heavy atom. The number of rotatable bonds is 2. The summed E-state index contributed by atoms with van der Waals surface area (Å²) in [5, 5.41) is 2.56. The van der Waals surface area contributed by atoms with Crippen LogP contribution in [0.25, 0.3) is 55.3 Å². The fourth-order valence-corrected chi connectivity index (χ4v) is 6.56. The van der Waals surface area contributed by atoms with Gasteiger partial charge in [0.25, 0.3) is 0 Å². The molecule has 0 N–H and O–H groups in total. The highest BCUT2D eigenvalue weighted by molar-refractivity contribution is 6.13. The molecular weight excluding hydrogens is 450 g/mol. The monoisotopic (exact) mass is 475 g/mol. The molecule has 7 aromatic rings. The van der Waals surface area contributed by atoms with Gasteiger partial charge >= 0.3 is 0 Å². The Labute approximate surface area is 215 Å². The van der Waals surface area contributed by atoms with Crippen molar-refractivity contribution in [3.8, 4) is 22.5 Å². The Morgan fingerprint density at radius 1 is 0.622 bits per heavy atom. The Bertz CT molecular complexity index is 2000. The van der Waals surface area contributed by atoms with Gasteiger partial charge in [-0.05, 0) is 52.6 Å². The largest absolute Gasteiger partial charge is 0.307 e. The van der Waals surface area contributed by atoms with Crippen LogP contribution >= 0.6 is 0 Å². The van der Waals surface area contributed by atoms with E-state index in [9.17, 15) is 0 Å². The molecule has 0 saturated carbocycles. The third kappa shape index (κ3) is 2.63. The van der Waals surface area contributed by atoms with Crippen LogP contribution in [0.15, 0.2) is 116 Å². The molecule has 37 heavy (non-hydrogen) atoms. The summed E-state index contributed by atoms with van der Waals surface area (Å²) in [4.78, 5) is 4.98. The van der Waals surface area contributed by atoms with Crippen LogP contribution in [-0.2, 0) is 5.41 Å². The zero-order valence-electron chi connectivity index (χ0n) is 20.8. The van der Waals surface area contributed by atoms with Crippen LogP contribution in [0.3, 0.4) is 0 Å². The summed E-state index contributed by atoms with van der Waals surface area (Å²) in [6, 6.07) is 39.3. The molecule has 8 rings (SSSR count). The molecule has 0 bridgehead atoms. The smallest absolute Gasteiger partial charge is 0.113 e. The van der Waals surface area contributed by atoms with E-state index in [1.165, 1.54) is 44.1 Å². The quantitative estimate of drug-likeness (QED) is 0.246. The molecule has 2 heterocycles. The Hall–Kier alpha value is -4.63. The molecule has 3 nitrogen and oxygen atoms in total. The summed E-state index contributed by atoms with van der Waals surface area (Å²) in [5.41, 5.74) is 12.1. The van der Waals surface area contributed by atoms with E-state index in [-0.39, 0.29) is 5.41 Å². The Morgan fingerprint density at radius 3 is 2.27 bits per heavy atom. The van der Waals surface area contributed by atoms with Gasteiger partial charge in [0, 0.05) is 21.9 Å². The Kier molecular flexibility index (Phi) is 4.00. The number of para-hydroxylation sites is 3. The summed E-state index contributed by atoms with van der Waals surface area (Å²) < 4.78 is 4.64. The highest BCUT2D eigenvalue weighted by Gasteiger charge is 2.38. The molecule has 0 atom stereocenters. The SMILES string of the molecule is CC1(C)c2ccccc2-c2ccc3c4ccccc4n(-c4cccc5c4ncn5-c4ccccc4)c3c21. The number of imidazole rings is 1. The number of benzene rings is 5. The van der Waals surface area contributed by atoms with Gasteiger partial charge in [0.05, 0.1) is 22.2 Å². The minimum atomic E-state index is -0.116. The van der Waals surface area contributed by atoms with Crippen LogP contribution in [0, 0.1) is 0 Å². The van der Waals surface area contributed by atoms with E-state index in [4.69, 9.17) is 4.98 Å². The van der Waals surface area contributed by atoms with Crippen molar-refractivity contribution in [2.75, 3.05) is 0 Å². The van der Waals surface area contributed by atoms with Gasteiger partial charge in [-0.3, -0.25) is 4.57 Å². The van der Waals surface area contributed by atoms with E-state index in [1.54, 1.807) is 0 Å². The van der Waals surface area contributed by atoms with Gasteiger partial charge in [0.1, 0.15) is 11.8 Å². The lowest BCUT2D eigenvalue weighted by Gasteiger charge is -2.23. The molecule has 0 unspecified atom stereocenters. The number of fused-ring (bicyclic) bond motifs is 8. The van der Waals surface area contributed by atoms with Crippen molar-refractivity contribution in [1.82, 2.24) is 14.1 Å². The fourth-order valence-electron chi connectivity index (χ4n) is 6.56. The summed E-state index contributed by atoms with van der Waals surface area (Å²) in [7, 11) is 0. The van der Waals surface area contributed by atoms with Crippen molar-refractivity contribution in [3.05, 3.63) is 127 Å². The van der Waals surface area contributed by atoms with E-state index in [1.807, 2.05) is 12.4 Å². The molecule has 0 saturated heterocycles. The minimum absolute atomic E-state index is 0.116. The van der Waals surface area contributed by atoms with Crippen molar-refractivity contribution >= 4 is 32.8 Å². The van der Waals surface area contributed by atoms with Crippen LogP contribution in [-0.4, -0.2) is 14.1 Å². The summed E-state index contributed by atoms with van der Waals surface area (Å²) in [6.07, 6.45) is 1.95. The van der Waals surface area contributed by atoms with Crippen LogP contribution in [0.5, 0.6) is 0 Å². The van der Waals surface area contributed by atoms with Crippen LogP contribution < -0.4 is 0 Å². The van der Waals surface area contributed by atoms with Crippen molar-refractivity contribution in [2.24, 2.45) is 0 Å². The lowest BCUT2D eigenvalue weighted by Crippen LogP contribution is -2.16. The predicted molar refractivity (Wildman–Crippen MR) is 153 cm³/mol. The molecule has 176 valence electrons. The minimum Gasteiger partial charge on any atom is -0.307 e. The fraction of sp³-hybridized carbons (Fsp3) is 0.0882. The average molecular weight is 476 g/mol. The second kappa shape index (κ2) is 7.21. The van der Waals surface area contributed by atoms with Crippen molar-refractivity contribution in [2.45, 2.75) is 19.3 Å². The molecule has 5 aromatic carbocycles. The predicted octanol–water partition coefficient (Wildman–Crippen LogP) is 8.43. The maximum atomic E-state index is 4.98. The van der Waals surface area contributed by atoms with E-state index in [0.717, 1.165) is 22.4 Å². The first kappa shape index (κ1) is 20.6. The molecule has 0 aliphatic heterocycles. The van der Waals surface area contributed by atoms with Crippen LogP contribution in [0.1, 0.15) is 25.0 Å². The number of hydrogen-bond acceptors (Lipinski definition) is 1. The van der Waals surface area contributed by atoms with Crippen molar-refractivity contribution in [1.29, 1.82) is 0 Å². The molecule has 0 spiro atoms. The zero-order chi connectivity index (χ0) is 24.7. The highest BCUT2D eigenvalue weighted by atomic mass is 15.1. The zero-order valence-corrected chi connectivity index (χ0v) is 20.8. The third-order valence-electron chi connectivity index (χ3n) is 8.18. The first-order chi connectivity index (χ1) is 18.1. The van der Waals surface area contributed by atoms with E-state index in [2.05, 4.69) is 126 Å². The maximum absolute atomic E-state index is 4.98. The van der Waals surface area contributed by atoms with E-state index < -0.39 is 0 Å². The lowest BCUT2D eigenvalue weighted by atomic mass is 9.81. The van der Waals surface area contributed by atoms with Gasteiger partial charge in [0.2, 0.25) is 0 Å². The van der Waals surface area contributed by atoms with Gasteiger partial charge in [-0.25, -0.2) is 4.98 Å². The van der Waals surface area contributed by atoms with Crippen molar-refractivity contribution < 1.29 is 0 Å². The van der Waals surface area contributed by atoms with Crippen molar-refractivity contribution in [3.63, 3.8) is 0 Å². The normalized spacial score (nSPS) is 13.9. The summed E-state index contributed by atoms with van der Waals surface area (Å²) in [5.74, 6) is 0. The molecular formula is C34H25N3. The summed E-state index contributed by atoms with van der Waals surface area (Å²) in [6.45, 7) is 4.73. The van der Waals surface area contributed by atoms with Crippen LogP contribution in [0.4, 0.5) is 0 Å². The molecule has 3 heteroatoms. The lowest BCUT2D eigenvalue weighted by molar-refractivity contribution is 0.664. The first-order valence-corrected chi connectivity index (χ1v) is 12.8. The standard InChI is InChI=1S/C34H25N3/c1-34(2)27-15-8-6-13-23(27)25-19-20-26-24-14-7-9-16-28(24)37(33(26)31(25)34)30-18-10-17-29-32(30)35-21-36(29)22-11-4-3-5-12-22/h3-21H,1-2H3. The van der Waals surface area contributed by atoms with Gasteiger partial charge < -0.3 is 4.57 Å². The number of nitrogens with zero attached hydrogens (tertiary/aromatic N) is 3. The third-order valence-corrected chi connectivity index (χ3v) is 8.18. The second-order valence-electron chi connectivity index (χ2n) is 10.5. The second-order valence-corrected chi connectivity index (χ2v) is 10.5. The molecule has 1 aliphatic rings. The molecule has 0 fully saturated rings. The highest BCUT2D eigenvalue weighted by Crippen LogP contribution is 2.53. The number of aromatic nitrogens is 3. The number of hydrogen-bond donors (Lipinski definition) is 0. The van der Waals surface area contributed by atoms with Gasteiger partial charge in [-0.15, -0.1) is 0 Å². The average Bonchev–Trinajstić information content (AvgIpc) is 3.59. The molecule has 2 aromatic heterocycles. The topological polar surface area (TPSA) is 22.8 Å².